The first-order chi connectivity index (χ1) is 12.8. The highest BCUT2D eigenvalue weighted by molar-refractivity contribution is 6.37. The second-order valence-electron chi connectivity index (χ2n) is 6.37. The number of carbonyl (C=O) groups is 1. The van der Waals surface area contributed by atoms with Crippen molar-refractivity contribution in [1.29, 1.82) is 0 Å². The quantitative estimate of drug-likeness (QED) is 0.479. The molecule has 0 radical (unpaired) electrons. The number of hydrogen-bond donors (Lipinski definition) is 2. The zero-order valence-corrected chi connectivity index (χ0v) is 17.5. The molecule has 2 aromatic carbocycles. The van der Waals surface area contributed by atoms with Crippen LogP contribution in [0.5, 0.6) is 5.75 Å². The Kier molecular flexibility index (Phi) is 8.08. The van der Waals surface area contributed by atoms with Gasteiger partial charge in [0, 0.05) is 23.2 Å². The summed E-state index contributed by atoms with van der Waals surface area (Å²) in [5, 5.41) is 13.5. The van der Waals surface area contributed by atoms with Gasteiger partial charge in [-0.2, -0.15) is 0 Å². The first-order valence-corrected chi connectivity index (χ1v) is 9.80. The molecule has 0 amide bonds. The SMILES string of the molecule is CCC(C)Nc1cc(Cl)cc(COc2c(Cl)cc(CCC(=O)O)cc2Cl)c1. The number of carboxylic acids is 1. The van der Waals surface area contributed by atoms with E-state index in [4.69, 9.17) is 44.6 Å². The molecule has 27 heavy (non-hydrogen) atoms. The molecular formula is C20H22Cl3NO3. The van der Waals surface area contributed by atoms with Gasteiger partial charge in [0.2, 0.25) is 0 Å². The Morgan fingerprint density at radius 2 is 1.78 bits per heavy atom. The molecule has 0 saturated carbocycles. The summed E-state index contributed by atoms with van der Waals surface area (Å²) in [6.45, 7) is 4.46. The van der Waals surface area contributed by atoms with Gasteiger partial charge in [0.1, 0.15) is 6.61 Å². The molecule has 0 bridgehead atoms. The molecule has 7 heteroatoms. The standard InChI is InChI=1S/C20H22Cl3NO3/c1-3-12(2)24-16-7-14(6-15(21)10-16)11-27-20-17(22)8-13(9-18(20)23)4-5-19(25)26/h6-10,12,24H,3-5,11H2,1-2H3,(H,25,26). The van der Waals surface area contributed by atoms with E-state index >= 15 is 0 Å². The third-order valence-corrected chi connectivity index (χ3v) is 4.83. The molecule has 0 aromatic heterocycles. The Balaban J connectivity index is 2.11. The van der Waals surface area contributed by atoms with Gasteiger partial charge in [-0.15, -0.1) is 0 Å². The minimum absolute atomic E-state index is 0.0152. The number of anilines is 1. The number of aliphatic carboxylic acids is 1. The predicted octanol–water partition coefficient (Wildman–Crippen LogP) is 6.45. The molecule has 1 atom stereocenters. The Morgan fingerprint density at radius 3 is 2.37 bits per heavy atom. The summed E-state index contributed by atoms with van der Waals surface area (Å²) < 4.78 is 5.81. The lowest BCUT2D eigenvalue weighted by molar-refractivity contribution is -0.136. The number of ether oxygens (including phenoxy) is 1. The fourth-order valence-corrected chi connectivity index (χ4v) is 3.40. The van der Waals surface area contributed by atoms with Crippen molar-refractivity contribution in [2.75, 3.05) is 5.32 Å². The Hall–Kier alpha value is -1.62. The molecule has 0 aliphatic heterocycles. The van der Waals surface area contributed by atoms with E-state index in [2.05, 4.69) is 19.2 Å². The van der Waals surface area contributed by atoms with Crippen molar-refractivity contribution in [1.82, 2.24) is 0 Å². The summed E-state index contributed by atoms with van der Waals surface area (Å²) in [7, 11) is 0. The Labute approximate surface area is 174 Å². The summed E-state index contributed by atoms with van der Waals surface area (Å²) >= 11 is 18.7. The van der Waals surface area contributed by atoms with E-state index in [0.717, 1.165) is 23.2 Å². The maximum atomic E-state index is 10.7. The van der Waals surface area contributed by atoms with Gasteiger partial charge in [0.05, 0.1) is 10.0 Å². The Bertz CT molecular complexity index is 788. The van der Waals surface area contributed by atoms with Gasteiger partial charge in [-0.1, -0.05) is 41.7 Å². The maximum absolute atomic E-state index is 10.7. The first-order valence-electron chi connectivity index (χ1n) is 8.67. The highest BCUT2D eigenvalue weighted by Gasteiger charge is 2.12. The van der Waals surface area contributed by atoms with Crippen LogP contribution in [0.4, 0.5) is 5.69 Å². The van der Waals surface area contributed by atoms with Crippen molar-refractivity contribution in [3.8, 4) is 5.75 Å². The van der Waals surface area contributed by atoms with Gasteiger partial charge in [0.25, 0.3) is 0 Å². The molecule has 4 nitrogen and oxygen atoms in total. The van der Waals surface area contributed by atoms with E-state index in [0.29, 0.717) is 33.3 Å². The lowest BCUT2D eigenvalue weighted by Crippen LogP contribution is -2.13. The number of aryl methyl sites for hydroxylation is 1. The normalized spacial score (nSPS) is 11.9. The van der Waals surface area contributed by atoms with E-state index < -0.39 is 5.97 Å². The molecule has 146 valence electrons. The highest BCUT2D eigenvalue weighted by Crippen LogP contribution is 2.35. The second kappa shape index (κ2) is 10.1. The third kappa shape index (κ3) is 6.80. The van der Waals surface area contributed by atoms with Gasteiger partial charge in [0.15, 0.2) is 5.75 Å². The summed E-state index contributed by atoms with van der Waals surface area (Å²) in [5.41, 5.74) is 2.56. The molecule has 2 rings (SSSR count). The van der Waals surface area contributed by atoms with E-state index in [1.165, 1.54) is 0 Å². The lowest BCUT2D eigenvalue weighted by Gasteiger charge is -2.16. The number of rotatable bonds is 9. The zero-order valence-electron chi connectivity index (χ0n) is 15.2. The van der Waals surface area contributed by atoms with Crippen LogP contribution < -0.4 is 10.1 Å². The van der Waals surface area contributed by atoms with Crippen molar-refractivity contribution >= 4 is 46.5 Å². The number of halogens is 3. The van der Waals surface area contributed by atoms with Crippen molar-refractivity contribution in [3.05, 3.63) is 56.5 Å². The smallest absolute Gasteiger partial charge is 0.303 e. The van der Waals surface area contributed by atoms with Crippen molar-refractivity contribution in [2.45, 2.75) is 45.8 Å². The molecule has 0 heterocycles. The van der Waals surface area contributed by atoms with Gasteiger partial charge < -0.3 is 15.2 Å². The summed E-state index contributed by atoms with van der Waals surface area (Å²) in [5.74, 6) is -0.501. The molecule has 2 N–H and O–H groups in total. The van der Waals surface area contributed by atoms with E-state index in [1.54, 1.807) is 12.1 Å². The molecule has 0 fully saturated rings. The number of benzene rings is 2. The summed E-state index contributed by atoms with van der Waals surface area (Å²) in [6, 6.07) is 9.36. The minimum Gasteiger partial charge on any atom is -0.486 e. The van der Waals surface area contributed by atoms with Crippen LogP contribution in [0, 0.1) is 0 Å². The average Bonchev–Trinajstić information content (AvgIpc) is 2.58. The monoisotopic (exact) mass is 429 g/mol. The number of hydrogen-bond acceptors (Lipinski definition) is 3. The molecule has 0 aliphatic carbocycles. The molecule has 0 aliphatic rings. The van der Waals surface area contributed by atoms with Crippen LogP contribution in [0.1, 0.15) is 37.8 Å². The second-order valence-corrected chi connectivity index (χ2v) is 7.62. The largest absolute Gasteiger partial charge is 0.486 e. The van der Waals surface area contributed by atoms with E-state index in [-0.39, 0.29) is 13.0 Å². The van der Waals surface area contributed by atoms with Crippen molar-refractivity contribution in [3.63, 3.8) is 0 Å². The minimum atomic E-state index is -0.870. The fraction of sp³-hybridized carbons (Fsp3) is 0.350. The van der Waals surface area contributed by atoms with E-state index in [9.17, 15) is 4.79 Å². The van der Waals surface area contributed by atoms with Crippen LogP contribution in [0.2, 0.25) is 15.1 Å². The maximum Gasteiger partial charge on any atom is 0.303 e. The molecule has 0 spiro atoms. The molecule has 1 unspecified atom stereocenters. The topological polar surface area (TPSA) is 58.6 Å². The van der Waals surface area contributed by atoms with Crippen LogP contribution in [0.25, 0.3) is 0 Å². The lowest BCUT2D eigenvalue weighted by atomic mass is 10.1. The molecule has 2 aromatic rings. The third-order valence-electron chi connectivity index (χ3n) is 4.05. The first kappa shape index (κ1) is 21.7. The van der Waals surface area contributed by atoms with Crippen LogP contribution >= 0.6 is 34.8 Å². The van der Waals surface area contributed by atoms with Crippen molar-refractivity contribution in [2.24, 2.45) is 0 Å². The average molecular weight is 431 g/mol. The highest BCUT2D eigenvalue weighted by atomic mass is 35.5. The molecule has 0 saturated heterocycles. The van der Waals surface area contributed by atoms with Gasteiger partial charge in [-0.25, -0.2) is 0 Å². The van der Waals surface area contributed by atoms with Gasteiger partial charge in [-0.05, 0) is 61.2 Å². The summed E-state index contributed by atoms with van der Waals surface area (Å²) in [6.07, 6.45) is 1.37. The molecular weight excluding hydrogens is 409 g/mol. The number of nitrogens with one attached hydrogen (secondary N) is 1. The Morgan fingerprint density at radius 1 is 1.11 bits per heavy atom. The fourth-order valence-electron chi connectivity index (χ4n) is 2.51. The van der Waals surface area contributed by atoms with Crippen LogP contribution in [-0.4, -0.2) is 17.1 Å². The van der Waals surface area contributed by atoms with E-state index in [1.807, 2.05) is 18.2 Å². The van der Waals surface area contributed by atoms with Crippen LogP contribution in [0.3, 0.4) is 0 Å². The van der Waals surface area contributed by atoms with Crippen LogP contribution in [0.15, 0.2) is 30.3 Å². The zero-order chi connectivity index (χ0) is 20.0. The van der Waals surface area contributed by atoms with Gasteiger partial charge in [-0.3, -0.25) is 4.79 Å². The number of carboxylic acid groups (broad SMARTS) is 1. The summed E-state index contributed by atoms with van der Waals surface area (Å²) in [4.78, 5) is 10.7. The van der Waals surface area contributed by atoms with Crippen molar-refractivity contribution < 1.29 is 14.6 Å². The predicted molar refractivity (Wildman–Crippen MR) is 112 cm³/mol. The van der Waals surface area contributed by atoms with Crippen LogP contribution in [-0.2, 0) is 17.8 Å². The van der Waals surface area contributed by atoms with Gasteiger partial charge >= 0.3 is 5.97 Å².